The first kappa shape index (κ1) is 12.3. The van der Waals surface area contributed by atoms with Crippen molar-refractivity contribution >= 4 is 17.4 Å². The van der Waals surface area contributed by atoms with Crippen LogP contribution in [0.5, 0.6) is 0 Å². The van der Waals surface area contributed by atoms with E-state index in [1.165, 1.54) is 0 Å². The largest absolute Gasteiger partial charge is 0.363 e. The lowest BCUT2D eigenvalue weighted by Gasteiger charge is -2.06. The molecule has 0 aliphatic heterocycles. The van der Waals surface area contributed by atoms with Crippen molar-refractivity contribution < 1.29 is 4.39 Å². The van der Waals surface area contributed by atoms with E-state index in [9.17, 15) is 4.39 Å². The van der Waals surface area contributed by atoms with Gasteiger partial charge in [-0.15, -0.1) is 0 Å². The molecule has 0 aliphatic carbocycles. The summed E-state index contributed by atoms with van der Waals surface area (Å²) >= 11 is 5.57. The molecule has 6 heteroatoms. The van der Waals surface area contributed by atoms with Gasteiger partial charge in [0.05, 0.1) is 17.8 Å². The first-order chi connectivity index (χ1) is 8.69. The van der Waals surface area contributed by atoms with E-state index in [4.69, 9.17) is 16.9 Å². The highest BCUT2D eigenvalue weighted by Gasteiger charge is 2.05. The summed E-state index contributed by atoms with van der Waals surface area (Å²) in [6.45, 7) is 0.385. The normalized spacial score (nSPS) is 9.83. The van der Waals surface area contributed by atoms with Crippen LogP contribution in [0.25, 0.3) is 0 Å². The lowest BCUT2D eigenvalue weighted by molar-refractivity contribution is 0.616. The first-order valence-electron chi connectivity index (χ1n) is 5.10. The highest BCUT2D eigenvalue weighted by atomic mass is 35.5. The third-order valence-corrected chi connectivity index (χ3v) is 2.44. The van der Waals surface area contributed by atoms with Gasteiger partial charge in [0.25, 0.3) is 0 Å². The molecule has 4 nitrogen and oxygen atoms in total. The topological polar surface area (TPSA) is 61.6 Å². The van der Waals surface area contributed by atoms with E-state index >= 15 is 0 Å². The molecule has 1 aromatic heterocycles. The quantitative estimate of drug-likeness (QED) is 0.864. The molecule has 1 N–H and O–H groups in total. The highest BCUT2D eigenvalue weighted by molar-refractivity contribution is 6.28. The van der Waals surface area contributed by atoms with Gasteiger partial charge in [-0.2, -0.15) is 10.2 Å². The predicted molar refractivity (Wildman–Crippen MR) is 65.5 cm³/mol. The Kier molecular flexibility index (Phi) is 3.70. The van der Waals surface area contributed by atoms with Crippen LogP contribution in [0.4, 0.5) is 10.2 Å². The Bertz CT molecular complexity index is 592. The maximum absolute atomic E-state index is 13.3. The van der Waals surface area contributed by atoms with Crippen molar-refractivity contribution in [3.8, 4) is 6.07 Å². The number of nitrogens with zero attached hydrogens (tertiary/aromatic N) is 3. The predicted octanol–water partition coefficient (Wildman–Crippen LogP) is 2.75. The SMILES string of the molecule is N#Cc1ccc(CNc2nc(Cl)ncc2F)cc1. The van der Waals surface area contributed by atoms with Crippen molar-refractivity contribution in [2.45, 2.75) is 6.54 Å². The van der Waals surface area contributed by atoms with Crippen molar-refractivity contribution in [1.82, 2.24) is 9.97 Å². The highest BCUT2D eigenvalue weighted by Crippen LogP contribution is 2.13. The summed E-state index contributed by atoms with van der Waals surface area (Å²) in [6.07, 6.45) is 1.01. The van der Waals surface area contributed by atoms with E-state index < -0.39 is 5.82 Å². The number of anilines is 1. The van der Waals surface area contributed by atoms with Crippen LogP contribution < -0.4 is 5.32 Å². The molecule has 0 bridgehead atoms. The van der Waals surface area contributed by atoms with Gasteiger partial charge in [0, 0.05) is 6.54 Å². The molecule has 1 heterocycles. The molecule has 1 aromatic carbocycles. The number of nitriles is 1. The van der Waals surface area contributed by atoms with Gasteiger partial charge in [-0.1, -0.05) is 12.1 Å². The third kappa shape index (κ3) is 2.93. The fourth-order valence-electron chi connectivity index (χ4n) is 1.35. The van der Waals surface area contributed by atoms with Gasteiger partial charge in [-0.05, 0) is 29.3 Å². The van der Waals surface area contributed by atoms with Crippen molar-refractivity contribution in [3.63, 3.8) is 0 Å². The zero-order valence-electron chi connectivity index (χ0n) is 9.19. The van der Waals surface area contributed by atoms with Gasteiger partial charge < -0.3 is 5.32 Å². The summed E-state index contributed by atoms with van der Waals surface area (Å²) in [7, 11) is 0. The molecule has 2 rings (SSSR count). The van der Waals surface area contributed by atoms with Crippen molar-refractivity contribution in [3.05, 3.63) is 52.7 Å². The Morgan fingerprint density at radius 3 is 2.72 bits per heavy atom. The van der Waals surface area contributed by atoms with Crippen molar-refractivity contribution in [2.75, 3.05) is 5.32 Å². The number of aromatic nitrogens is 2. The fraction of sp³-hybridized carbons (Fsp3) is 0.0833. The summed E-state index contributed by atoms with van der Waals surface area (Å²) in [4.78, 5) is 7.26. The van der Waals surface area contributed by atoms with Gasteiger partial charge in [0.15, 0.2) is 11.6 Å². The van der Waals surface area contributed by atoms with Gasteiger partial charge in [-0.3, -0.25) is 0 Å². The zero-order valence-corrected chi connectivity index (χ0v) is 9.95. The lowest BCUT2D eigenvalue weighted by Crippen LogP contribution is -2.04. The van der Waals surface area contributed by atoms with Crippen LogP contribution in [0.3, 0.4) is 0 Å². The van der Waals surface area contributed by atoms with Crippen LogP contribution in [-0.2, 0) is 6.54 Å². The van der Waals surface area contributed by atoms with Crippen molar-refractivity contribution in [1.29, 1.82) is 5.26 Å². The number of hydrogen-bond donors (Lipinski definition) is 1. The molecule has 0 saturated carbocycles. The molecule has 0 fully saturated rings. The zero-order chi connectivity index (χ0) is 13.0. The standard InChI is InChI=1S/C12H8ClFN4/c13-12-17-7-10(14)11(18-12)16-6-9-3-1-8(5-15)2-4-9/h1-4,7H,6H2,(H,16,17,18). The number of halogens is 2. The Balaban J connectivity index is 2.07. The number of benzene rings is 1. The Morgan fingerprint density at radius 2 is 2.06 bits per heavy atom. The molecular weight excluding hydrogens is 255 g/mol. The van der Waals surface area contributed by atoms with E-state index in [2.05, 4.69) is 15.3 Å². The second-order valence-electron chi connectivity index (χ2n) is 3.50. The summed E-state index contributed by atoms with van der Waals surface area (Å²) in [6, 6.07) is 8.98. The monoisotopic (exact) mass is 262 g/mol. The summed E-state index contributed by atoms with van der Waals surface area (Å²) in [5.74, 6) is -0.507. The number of rotatable bonds is 3. The molecule has 90 valence electrons. The fourth-order valence-corrected chi connectivity index (χ4v) is 1.49. The second-order valence-corrected chi connectivity index (χ2v) is 3.84. The molecule has 0 unspecified atom stereocenters. The minimum atomic E-state index is -0.562. The van der Waals surface area contributed by atoms with Crippen LogP contribution in [0.1, 0.15) is 11.1 Å². The van der Waals surface area contributed by atoms with Gasteiger partial charge >= 0.3 is 0 Å². The lowest BCUT2D eigenvalue weighted by atomic mass is 10.1. The van der Waals surface area contributed by atoms with E-state index in [1.807, 2.05) is 6.07 Å². The first-order valence-corrected chi connectivity index (χ1v) is 5.48. The molecule has 0 spiro atoms. The second kappa shape index (κ2) is 5.43. The number of nitrogens with one attached hydrogen (secondary N) is 1. The average Bonchev–Trinajstić information content (AvgIpc) is 2.40. The molecule has 0 aliphatic rings. The molecule has 0 amide bonds. The summed E-state index contributed by atoms with van der Waals surface area (Å²) < 4.78 is 13.3. The minimum absolute atomic E-state index is 0.0151. The molecule has 2 aromatic rings. The average molecular weight is 263 g/mol. The molecular formula is C12H8ClFN4. The Morgan fingerprint density at radius 1 is 1.33 bits per heavy atom. The smallest absolute Gasteiger partial charge is 0.224 e. The van der Waals surface area contributed by atoms with Gasteiger partial charge in [-0.25, -0.2) is 9.37 Å². The van der Waals surface area contributed by atoms with E-state index in [1.54, 1.807) is 24.3 Å². The third-order valence-electron chi connectivity index (χ3n) is 2.26. The summed E-state index contributed by atoms with van der Waals surface area (Å²) in [5, 5.41) is 11.5. The molecule has 0 saturated heterocycles. The Hall–Kier alpha value is -2.19. The minimum Gasteiger partial charge on any atom is -0.363 e. The van der Waals surface area contributed by atoms with Gasteiger partial charge in [0.1, 0.15) is 0 Å². The maximum Gasteiger partial charge on any atom is 0.224 e. The van der Waals surface area contributed by atoms with Crippen LogP contribution in [0.2, 0.25) is 5.28 Å². The maximum atomic E-state index is 13.3. The van der Waals surface area contributed by atoms with E-state index in [0.717, 1.165) is 11.8 Å². The van der Waals surface area contributed by atoms with E-state index in [0.29, 0.717) is 12.1 Å². The molecule has 18 heavy (non-hydrogen) atoms. The number of hydrogen-bond acceptors (Lipinski definition) is 4. The van der Waals surface area contributed by atoms with Crippen LogP contribution in [0.15, 0.2) is 30.5 Å². The van der Waals surface area contributed by atoms with Crippen LogP contribution >= 0.6 is 11.6 Å². The summed E-state index contributed by atoms with van der Waals surface area (Å²) in [5.41, 5.74) is 1.48. The van der Waals surface area contributed by atoms with Crippen LogP contribution in [0, 0.1) is 17.1 Å². The molecule has 0 radical (unpaired) electrons. The molecule has 0 atom stereocenters. The van der Waals surface area contributed by atoms with Gasteiger partial charge in [0.2, 0.25) is 5.28 Å². The van der Waals surface area contributed by atoms with E-state index in [-0.39, 0.29) is 11.1 Å². The van der Waals surface area contributed by atoms with Crippen LogP contribution in [-0.4, -0.2) is 9.97 Å². The Labute approximate surface area is 108 Å². The van der Waals surface area contributed by atoms with Crippen molar-refractivity contribution in [2.24, 2.45) is 0 Å².